The molecule has 146 valence electrons. The Kier molecular flexibility index (Phi) is 6.27. The van der Waals surface area contributed by atoms with E-state index in [9.17, 15) is 4.79 Å². The van der Waals surface area contributed by atoms with Gasteiger partial charge < -0.3 is 23.9 Å². The molecule has 1 amide bonds. The Hall–Kier alpha value is -2.63. The van der Waals surface area contributed by atoms with Crippen LogP contribution in [0, 0.1) is 5.92 Å². The van der Waals surface area contributed by atoms with Crippen LogP contribution in [0.5, 0.6) is 17.2 Å². The minimum Gasteiger partial charge on any atom is -0.493 e. The predicted octanol–water partition coefficient (Wildman–Crippen LogP) is 3.84. The molecule has 1 aliphatic rings. The van der Waals surface area contributed by atoms with Crippen molar-refractivity contribution in [1.82, 2.24) is 5.32 Å². The van der Waals surface area contributed by atoms with Crippen molar-refractivity contribution < 1.29 is 23.4 Å². The van der Waals surface area contributed by atoms with Crippen molar-refractivity contribution in [3.63, 3.8) is 0 Å². The summed E-state index contributed by atoms with van der Waals surface area (Å²) in [5.74, 6) is 2.62. The lowest BCUT2D eigenvalue weighted by Gasteiger charge is -2.32. The summed E-state index contributed by atoms with van der Waals surface area (Å²) in [5.41, 5.74) is 0.492. The zero-order valence-corrected chi connectivity index (χ0v) is 16.1. The molecule has 27 heavy (non-hydrogen) atoms. The third-order valence-electron chi connectivity index (χ3n) is 5.20. The van der Waals surface area contributed by atoms with Gasteiger partial charge in [0, 0.05) is 18.0 Å². The zero-order valence-electron chi connectivity index (χ0n) is 16.1. The Morgan fingerprint density at radius 3 is 2.41 bits per heavy atom. The molecule has 2 unspecified atom stereocenters. The maximum absolute atomic E-state index is 12.9. The topological polar surface area (TPSA) is 69.9 Å². The SMILES string of the molecule is COc1cc(C(=O)NC2CCCCC2Cc2ccco2)cc(OC)c1OC. The average molecular weight is 373 g/mol. The summed E-state index contributed by atoms with van der Waals surface area (Å²) in [6, 6.07) is 7.38. The zero-order chi connectivity index (χ0) is 19.2. The summed E-state index contributed by atoms with van der Waals surface area (Å²) >= 11 is 0. The van der Waals surface area contributed by atoms with Crippen LogP contribution in [-0.4, -0.2) is 33.3 Å². The van der Waals surface area contributed by atoms with E-state index in [1.54, 1.807) is 39.7 Å². The molecule has 1 N–H and O–H groups in total. The highest BCUT2D eigenvalue weighted by molar-refractivity contribution is 5.95. The summed E-state index contributed by atoms with van der Waals surface area (Å²) in [6.07, 6.45) is 6.90. The Balaban J connectivity index is 1.76. The number of rotatable bonds is 7. The van der Waals surface area contributed by atoms with E-state index in [1.165, 1.54) is 6.42 Å². The first-order valence-electron chi connectivity index (χ1n) is 9.29. The molecule has 3 rings (SSSR count). The van der Waals surface area contributed by atoms with Crippen molar-refractivity contribution in [1.29, 1.82) is 0 Å². The van der Waals surface area contributed by atoms with E-state index < -0.39 is 0 Å². The van der Waals surface area contributed by atoms with E-state index in [-0.39, 0.29) is 11.9 Å². The smallest absolute Gasteiger partial charge is 0.251 e. The number of ether oxygens (including phenoxy) is 3. The van der Waals surface area contributed by atoms with Crippen molar-refractivity contribution in [3.05, 3.63) is 41.9 Å². The standard InChI is InChI=1S/C21H27NO5/c1-24-18-12-15(13-19(25-2)20(18)26-3)21(23)22-17-9-5-4-7-14(17)11-16-8-6-10-27-16/h6,8,10,12-14,17H,4-5,7,9,11H2,1-3H3,(H,22,23). The molecule has 2 atom stereocenters. The van der Waals surface area contributed by atoms with E-state index in [0.717, 1.165) is 31.4 Å². The molecule has 1 fully saturated rings. The molecule has 1 aromatic heterocycles. The molecule has 2 aromatic rings. The van der Waals surface area contributed by atoms with Gasteiger partial charge in [0.2, 0.25) is 5.75 Å². The Labute approximate surface area is 159 Å². The summed E-state index contributed by atoms with van der Waals surface area (Å²) in [6.45, 7) is 0. The van der Waals surface area contributed by atoms with Crippen LogP contribution in [0.3, 0.4) is 0 Å². The lowest BCUT2D eigenvalue weighted by Crippen LogP contribution is -2.42. The highest BCUT2D eigenvalue weighted by Crippen LogP contribution is 2.38. The van der Waals surface area contributed by atoms with Crippen LogP contribution in [0.2, 0.25) is 0 Å². The molecule has 1 aromatic carbocycles. The van der Waals surface area contributed by atoms with E-state index in [1.807, 2.05) is 12.1 Å². The molecule has 1 saturated carbocycles. The lowest BCUT2D eigenvalue weighted by atomic mass is 9.81. The van der Waals surface area contributed by atoms with Crippen LogP contribution < -0.4 is 19.5 Å². The van der Waals surface area contributed by atoms with Crippen LogP contribution in [0.15, 0.2) is 34.9 Å². The van der Waals surface area contributed by atoms with E-state index in [2.05, 4.69) is 5.32 Å². The van der Waals surface area contributed by atoms with Crippen LogP contribution in [0.25, 0.3) is 0 Å². The Morgan fingerprint density at radius 2 is 1.81 bits per heavy atom. The number of carbonyl (C=O) groups excluding carboxylic acids is 1. The van der Waals surface area contributed by atoms with E-state index in [0.29, 0.717) is 28.7 Å². The van der Waals surface area contributed by atoms with Crippen molar-refractivity contribution in [3.8, 4) is 17.2 Å². The first-order chi connectivity index (χ1) is 13.2. The average Bonchev–Trinajstić information content (AvgIpc) is 3.21. The van der Waals surface area contributed by atoms with E-state index in [4.69, 9.17) is 18.6 Å². The molecule has 0 saturated heterocycles. The van der Waals surface area contributed by atoms with Crippen molar-refractivity contribution in [2.24, 2.45) is 5.92 Å². The van der Waals surface area contributed by atoms with Gasteiger partial charge in [-0.25, -0.2) is 0 Å². The summed E-state index contributed by atoms with van der Waals surface area (Å²) in [4.78, 5) is 12.9. The first-order valence-corrected chi connectivity index (χ1v) is 9.29. The monoisotopic (exact) mass is 373 g/mol. The van der Waals surface area contributed by atoms with Gasteiger partial charge in [-0.05, 0) is 43.0 Å². The van der Waals surface area contributed by atoms with Crippen molar-refractivity contribution in [2.45, 2.75) is 38.1 Å². The van der Waals surface area contributed by atoms with Crippen LogP contribution in [-0.2, 0) is 6.42 Å². The molecule has 1 heterocycles. The molecule has 0 bridgehead atoms. The third kappa shape index (κ3) is 4.38. The molecule has 0 spiro atoms. The second-order valence-corrected chi connectivity index (χ2v) is 6.82. The molecule has 6 nitrogen and oxygen atoms in total. The van der Waals surface area contributed by atoms with E-state index >= 15 is 0 Å². The fourth-order valence-corrected chi connectivity index (χ4v) is 3.79. The Bertz CT molecular complexity index is 731. The molecule has 1 aliphatic carbocycles. The summed E-state index contributed by atoms with van der Waals surface area (Å²) in [7, 11) is 4.63. The van der Waals surface area contributed by atoms with Gasteiger partial charge in [0.1, 0.15) is 5.76 Å². The van der Waals surface area contributed by atoms with Gasteiger partial charge in [-0.1, -0.05) is 12.8 Å². The fraction of sp³-hybridized carbons (Fsp3) is 0.476. The fourth-order valence-electron chi connectivity index (χ4n) is 3.79. The van der Waals surface area contributed by atoms with Crippen LogP contribution in [0.1, 0.15) is 41.8 Å². The van der Waals surface area contributed by atoms with Crippen LogP contribution >= 0.6 is 0 Å². The lowest BCUT2D eigenvalue weighted by molar-refractivity contribution is 0.0903. The highest BCUT2D eigenvalue weighted by Gasteiger charge is 2.28. The Morgan fingerprint density at radius 1 is 1.11 bits per heavy atom. The van der Waals surface area contributed by atoms with Crippen LogP contribution in [0.4, 0.5) is 0 Å². The number of nitrogens with one attached hydrogen (secondary N) is 1. The van der Waals surface area contributed by atoms with Gasteiger partial charge in [-0.3, -0.25) is 4.79 Å². The normalized spacial score (nSPS) is 19.4. The molecule has 0 aliphatic heterocycles. The minimum atomic E-state index is -0.134. The second kappa shape index (κ2) is 8.84. The number of methoxy groups -OCH3 is 3. The molecular weight excluding hydrogens is 346 g/mol. The molecule has 6 heteroatoms. The number of amides is 1. The second-order valence-electron chi connectivity index (χ2n) is 6.82. The van der Waals surface area contributed by atoms with Gasteiger partial charge in [0.25, 0.3) is 5.91 Å². The van der Waals surface area contributed by atoms with Gasteiger partial charge >= 0.3 is 0 Å². The van der Waals surface area contributed by atoms with Gasteiger partial charge in [0.15, 0.2) is 11.5 Å². The van der Waals surface area contributed by atoms with Gasteiger partial charge in [0.05, 0.1) is 27.6 Å². The summed E-state index contributed by atoms with van der Waals surface area (Å²) in [5, 5.41) is 3.21. The van der Waals surface area contributed by atoms with Crippen molar-refractivity contribution >= 4 is 5.91 Å². The largest absolute Gasteiger partial charge is 0.493 e. The number of hydrogen-bond acceptors (Lipinski definition) is 5. The van der Waals surface area contributed by atoms with Gasteiger partial charge in [-0.15, -0.1) is 0 Å². The van der Waals surface area contributed by atoms with Crippen molar-refractivity contribution in [2.75, 3.05) is 21.3 Å². The maximum Gasteiger partial charge on any atom is 0.251 e. The summed E-state index contributed by atoms with van der Waals surface area (Å²) < 4.78 is 21.5. The quantitative estimate of drug-likeness (QED) is 0.799. The number of furan rings is 1. The number of hydrogen-bond donors (Lipinski definition) is 1. The highest BCUT2D eigenvalue weighted by atomic mass is 16.5. The molecular formula is C21H27NO5. The van der Waals surface area contributed by atoms with Gasteiger partial charge in [-0.2, -0.15) is 0 Å². The minimum absolute atomic E-state index is 0.121. The maximum atomic E-state index is 12.9. The first kappa shape index (κ1) is 19.1. The number of carbonyl (C=O) groups is 1. The third-order valence-corrected chi connectivity index (χ3v) is 5.20. The number of benzene rings is 1. The predicted molar refractivity (Wildman–Crippen MR) is 102 cm³/mol. The molecule has 0 radical (unpaired) electrons.